The van der Waals surface area contributed by atoms with Crippen molar-refractivity contribution in [2.75, 3.05) is 57.2 Å². The molecule has 2 aliphatic rings. The molecule has 0 unspecified atom stereocenters. The molecule has 0 bridgehead atoms. The maximum absolute atomic E-state index is 13.2. The number of oxazole rings is 1. The van der Waals surface area contributed by atoms with Crippen LogP contribution in [-0.2, 0) is 11.3 Å². The number of imidazole rings is 1. The van der Waals surface area contributed by atoms with Crippen LogP contribution in [0.3, 0.4) is 0 Å². The van der Waals surface area contributed by atoms with E-state index >= 15 is 0 Å². The Morgan fingerprint density at radius 2 is 1.83 bits per heavy atom. The zero-order valence-corrected chi connectivity index (χ0v) is 29.2. The molecule has 1 amide bonds. The number of ether oxygens (including phenoxy) is 2. The number of piperazine rings is 1. The summed E-state index contributed by atoms with van der Waals surface area (Å²) in [5.74, 6) is 1.55. The Balaban J connectivity index is 0.961. The average Bonchev–Trinajstić information content (AvgIpc) is 3.93. The molecular weight excluding hydrogens is 679 g/mol. The van der Waals surface area contributed by atoms with Gasteiger partial charge in [-0.15, -0.1) is 0 Å². The van der Waals surface area contributed by atoms with Crippen LogP contribution in [-0.4, -0.2) is 76.9 Å². The summed E-state index contributed by atoms with van der Waals surface area (Å²) in [7, 11) is 2.15. The molecule has 0 atom stereocenters. The molecular formula is C38H35N9O4S. The van der Waals surface area contributed by atoms with Crippen LogP contribution in [0.1, 0.15) is 12.0 Å². The molecule has 0 saturated carbocycles. The number of fused-ring (bicyclic) bond motifs is 3. The fourth-order valence-electron chi connectivity index (χ4n) is 6.43. The first-order chi connectivity index (χ1) is 25.4. The first-order valence-corrected chi connectivity index (χ1v) is 17.7. The minimum Gasteiger partial charge on any atom is -0.454 e. The van der Waals surface area contributed by atoms with E-state index in [1.54, 1.807) is 18.5 Å². The molecule has 0 radical (unpaired) electrons. The minimum absolute atomic E-state index is 0.0402. The quantitative estimate of drug-likeness (QED) is 0.103. The fourth-order valence-corrected chi connectivity index (χ4v) is 7.48. The van der Waals surface area contributed by atoms with Crippen molar-refractivity contribution in [1.82, 2.24) is 29.7 Å². The van der Waals surface area contributed by atoms with Gasteiger partial charge in [-0.3, -0.25) is 4.79 Å². The van der Waals surface area contributed by atoms with Gasteiger partial charge < -0.3 is 39.3 Å². The van der Waals surface area contributed by atoms with Gasteiger partial charge in [0.1, 0.15) is 23.4 Å². The van der Waals surface area contributed by atoms with E-state index in [4.69, 9.17) is 24.6 Å². The van der Waals surface area contributed by atoms with Crippen molar-refractivity contribution < 1.29 is 18.7 Å². The number of benzene rings is 3. The molecule has 1 fully saturated rings. The highest BCUT2D eigenvalue weighted by atomic mass is 32.2. The number of carbonyl (C=O) groups is 1. The number of aromatic nitrogens is 4. The highest BCUT2D eigenvalue weighted by molar-refractivity contribution is 7.99. The topological polar surface area (TPSA) is 161 Å². The maximum Gasteiger partial charge on any atom is 0.261 e. The number of hydrogen-bond donors (Lipinski definition) is 2. The number of nitrogens with two attached hydrogens (primary N) is 1. The Hall–Kier alpha value is -6.04. The predicted molar refractivity (Wildman–Crippen MR) is 199 cm³/mol. The van der Waals surface area contributed by atoms with Gasteiger partial charge in [0.05, 0.1) is 17.3 Å². The number of nitrogen functional groups attached to an aromatic ring is 1. The number of carbonyl (C=O) groups excluding carboxylic acids is 1. The molecule has 6 aromatic rings. The smallest absolute Gasteiger partial charge is 0.261 e. The monoisotopic (exact) mass is 713 g/mol. The Morgan fingerprint density at radius 3 is 2.63 bits per heavy atom. The van der Waals surface area contributed by atoms with Crippen LogP contribution in [0.15, 0.2) is 93.3 Å². The highest BCUT2D eigenvalue weighted by Crippen LogP contribution is 2.44. The number of pyridine rings is 1. The van der Waals surface area contributed by atoms with E-state index in [1.165, 1.54) is 23.7 Å². The lowest BCUT2D eigenvalue weighted by Gasteiger charge is -2.34. The Kier molecular flexibility index (Phi) is 9.11. The van der Waals surface area contributed by atoms with E-state index in [0.29, 0.717) is 53.4 Å². The summed E-state index contributed by atoms with van der Waals surface area (Å²) >= 11 is 1.41. The van der Waals surface area contributed by atoms with Gasteiger partial charge in [-0.05, 0) is 72.3 Å². The fraction of sp³-hybridized carbons (Fsp3) is 0.237. The predicted octanol–water partition coefficient (Wildman–Crippen LogP) is 5.57. The van der Waals surface area contributed by atoms with Crippen molar-refractivity contribution in [3.8, 4) is 29.0 Å². The largest absolute Gasteiger partial charge is 0.454 e. The lowest BCUT2D eigenvalue weighted by molar-refractivity contribution is -0.117. The molecule has 1 saturated heterocycles. The third-order valence-corrected chi connectivity index (χ3v) is 10.3. The van der Waals surface area contributed by atoms with Gasteiger partial charge in [-0.2, -0.15) is 5.26 Å². The van der Waals surface area contributed by atoms with E-state index in [9.17, 15) is 10.1 Å². The molecule has 5 heterocycles. The van der Waals surface area contributed by atoms with Crippen molar-refractivity contribution in [1.29, 1.82) is 5.26 Å². The molecule has 3 N–H and O–H groups in total. The number of rotatable bonds is 10. The minimum atomic E-state index is -0.428. The lowest BCUT2D eigenvalue weighted by Crippen LogP contribution is -2.44. The van der Waals surface area contributed by atoms with Gasteiger partial charge in [-0.25, -0.2) is 15.0 Å². The zero-order chi connectivity index (χ0) is 35.6. The molecule has 3 aromatic carbocycles. The normalized spacial score (nSPS) is 14.6. The van der Waals surface area contributed by atoms with Crippen molar-refractivity contribution in [3.05, 3.63) is 84.4 Å². The van der Waals surface area contributed by atoms with Gasteiger partial charge in [0.25, 0.3) is 5.91 Å². The third kappa shape index (κ3) is 6.71. The zero-order valence-electron chi connectivity index (χ0n) is 28.4. The third-order valence-electron chi connectivity index (χ3n) is 9.24. The van der Waals surface area contributed by atoms with Crippen molar-refractivity contribution in [2.24, 2.45) is 0 Å². The van der Waals surface area contributed by atoms with Crippen molar-refractivity contribution in [3.63, 3.8) is 0 Å². The number of anilines is 2. The van der Waals surface area contributed by atoms with E-state index < -0.39 is 5.91 Å². The van der Waals surface area contributed by atoms with Crippen LogP contribution in [0.25, 0.3) is 39.3 Å². The standard InChI is InChI=1S/C38H35N9O4S/c1-45-12-14-46(15-13-45)28-6-5-25-17-24(3-4-26(25)19-28)18-27(22-39)36(48)42-8-2-11-47-30-7-9-41-35(40)34(30)44-38(47)52-33-21-32-31(50-23-51-32)20-29(33)37-43-10-16-49-37/h3-7,9-10,16-21H,2,8,11-15,23H2,1H3,(H2,40,41)(H,42,48). The molecule has 14 heteroatoms. The van der Waals surface area contributed by atoms with E-state index in [-0.39, 0.29) is 12.4 Å². The summed E-state index contributed by atoms with van der Waals surface area (Å²) in [5.41, 5.74) is 10.4. The molecule has 262 valence electrons. The second kappa shape index (κ2) is 14.3. The summed E-state index contributed by atoms with van der Waals surface area (Å²) in [6, 6.07) is 20.1. The Labute approximate surface area is 303 Å². The molecule has 0 spiro atoms. The average molecular weight is 714 g/mol. The summed E-state index contributed by atoms with van der Waals surface area (Å²) in [6.45, 7) is 5.06. The summed E-state index contributed by atoms with van der Waals surface area (Å²) in [6.07, 6.45) is 6.94. The van der Waals surface area contributed by atoms with Gasteiger partial charge in [0.15, 0.2) is 22.5 Å². The van der Waals surface area contributed by atoms with Crippen molar-refractivity contribution in [2.45, 2.75) is 23.0 Å². The number of amides is 1. The number of aryl methyl sites for hydroxylation is 1. The lowest BCUT2D eigenvalue weighted by atomic mass is 10.0. The summed E-state index contributed by atoms with van der Waals surface area (Å²) < 4.78 is 18.9. The van der Waals surface area contributed by atoms with Crippen LogP contribution in [0, 0.1) is 11.3 Å². The van der Waals surface area contributed by atoms with Crippen LogP contribution < -0.4 is 25.4 Å². The van der Waals surface area contributed by atoms with E-state index in [2.05, 4.69) is 56.4 Å². The first kappa shape index (κ1) is 33.1. The summed E-state index contributed by atoms with van der Waals surface area (Å²) in [4.78, 5) is 32.1. The Bertz CT molecular complexity index is 2360. The van der Waals surface area contributed by atoms with E-state index in [0.717, 1.165) is 58.5 Å². The number of nitriles is 1. The van der Waals surface area contributed by atoms with Gasteiger partial charge >= 0.3 is 0 Å². The number of nitrogens with one attached hydrogen (secondary N) is 1. The van der Waals surface area contributed by atoms with Crippen LogP contribution >= 0.6 is 11.8 Å². The van der Waals surface area contributed by atoms with Crippen LogP contribution in [0.5, 0.6) is 11.5 Å². The SMILES string of the molecule is CN1CCN(c2ccc3cc(C=C(C#N)C(=O)NCCCn4c(Sc5cc6c(cc5-c5ncco5)OCO6)nc5c(N)nccc54)ccc3c2)CC1. The van der Waals surface area contributed by atoms with Crippen molar-refractivity contribution >= 4 is 57.1 Å². The number of hydrogen-bond acceptors (Lipinski definition) is 12. The molecule has 0 aliphatic carbocycles. The number of nitrogens with zero attached hydrogens (tertiary/aromatic N) is 7. The molecule has 13 nitrogen and oxygen atoms in total. The Morgan fingerprint density at radius 1 is 1.02 bits per heavy atom. The first-order valence-electron chi connectivity index (χ1n) is 16.9. The second-order valence-corrected chi connectivity index (χ2v) is 13.6. The highest BCUT2D eigenvalue weighted by Gasteiger charge is 2.23. The van der Waals surface area contributed by atoms with Gasteiger partial charge in [0.2, 0.25) is 12.7 Å². The van der Waals surface area contributed by atoms with Crippen LogP contribution in [0.2, 0.25) is 0 Å². The summed E-state index contributed by atoms with van der Waals surface area (Å²) in [5, 5.41) is 15.6. The van der Waals surface area contributed by atoms with E-state index in [1.807, 2.05) is 41.0 Å². The van der Waals surface area contributed by atoms with Crippen LogP contribution in [0.4, 0.5) is 11.5 Å². The molecule has 52 heavy (non-hydrogen) atoms. The molecule has 3 aromatic heterocycles. The van der Waals surface area contributed by atoms with Gasteiger partial charge in [0, 0.05) is 56.0 Å². The second-order valence-electron chi connectivity index (χ2n) is 12.6. The maximum atomic E-state index is 13.2. The van der Waals surface area contributed by atoms with Gasteiger partial charge in [-0.1, -0.05) is 30.0 Å². The molecule has 2 aliphatic heterocycles. The number of likely N-dealkylation sites (N-methyl/N-ethyl adjacent to an activating group) is 1. The molecule has 8 rings (SSSR count).